The molecule has 2 rings (SSSR count). The molecule has 166 valence electrons. The predicted molar refractivity (Wildman–Crippen MR) is 121 cm³/mol. The second-order valence-corrected chi connectivity index (χ2v) is 8.29. The maximum Gasteiger partial charge on any atom is 0.412 e. The molecular formula is C18H34IN7O3. The number of carbonyl (C=O) groups excluding carboxylic acids is 1. The molecule has 2 atom stereocenters. The molecule has 2 unspecified atom stereocenters. The Kier molecular flexibility index (Phi) is 8.69. The smallest absolute Gasteiger partial charge is 0.412 e. The zero-order valence-corrected chi connectivity index (χ0v) is 20.8. The van der Waals surface area contributed by atoms with Gasteiger partial charge in [0.2, 0.25) is 0 Å². The van der Waals surface area contributed by atoms with Crippen LogP contribution in [0.25, 0.3) is 0 Å². The summed E-state index contributed by atoms with van der Waals surface area (Å²) in [7, 11) is 3.52. The van der Waals surface area contributed by atoms with Crippen LogP contribution in [0.3, 0.4) is 0 Å². The van der Waals surface area contributed by atoms with Crippen LogP contribution in [-0.2, 0) is 23.1 Å². The molecule has 1 fully saturated rings. The van der Waals surface area contributed by atoms with E-state index in [1.807, 2.05) is 48.6 Å². The molecule has 1 aromatic rings. The summed E-state index contributed by atoms with van der Waals surface area (Å²) in [6.07, 6.45) is 0.952. The fourth-order valence-corrected chi connectivity index (χ4v) is 3.19. The van der Waals surface area contributed by atoms with Gasteiger partial charge >= 0.3 is 6.09 Å². The lowest BCUT2D eigenvalue weighted by Crippen LogP contribution is -2.54. The number of carbonyl (C=O) groups is 1. The lowest BCUT2D eigenvalue weighted by molar-refractivity contribution is -0.0755. The average molecular weight is 523 g/mol. The maximum atomic E-state index is 12.8. The zero-order valence-electron chi connectivity index (χ0n) is 18.5. The first kappa shape index (κ1) is 25.4. The molecule has 0 spiro atoms. The van der Waals surface area contributed by atoms with Crippen molar-refractivity contribution in [3.8, 4) is 0 Å². The number of halogens is 1. The minimum Gasteiger partial charge on any atom is -0.444 e. The second kappa shape index (κ2) is 9.92. The van der Waals surface area contributed by atoms with E-state index in [0.29, 0.717) is 19.0 Å². The van der Waals surface area contributed by atoms with Crippen molar-refractivity contribution in [1.29, 1.82) is 0 Å². The van der Waals surface area contributed by atoms with Crippen molar-refractivity contribution in [2.45, 2.75) is 71.6 Å². The third kappa shape index (κ3) is 6.69. The van der Waals surface area contributed by atoms with Crippen molar-refractivity contribution in [2.24, 2.45) is 12.0 Å². The van der Waals surface area contributed by atoms with Crippen molar-refractivity contribution >= 4 is 36.0 Å². The van der Waals surface area contributed by atoms with Gasteiger partial charge in [0.1, 0.15) is 23.5 Å². The van der Waals surface area contributed by atoms with Crippen molar-refractivity contribution in [1.82, 2.24) is 30.3 Å². The molecule has 0 aromatic carbocycles. The Balaban J connectivity index is 0.00000420. The lowest BCUT2D eigenvalue weighted by atomic mass is 10.1. The van der Waals surface area contributed by atoms with Crippen LogP contribution in [0.2, 0.25) is 0 Å². The minimum absolute atomic E-state index is 0. The summed E-state index contributed by atoms with van der Waals surface area (Å²) in [5, 5.41) is 10.5. The first-order valence-corrected chi connectivity index (χ1v) is 9.42. The molecule has 0 bridgehead atoms. The molecular weight excluding hydrogens is 489 g/mol. The molecule has 0 aliphatic carbocycles. The normalized spacial score (nSPS) is 21.5. The Morgan fingerprint density at radius 1 is 1.38 bits per heavy atom. The molecule has 1 aliphatic rings. The van der Waals surface area contributed by atoms with Crippen LogP contribution in [0.1, 0.15) is 47.4 Å². The molecule has 11 heteroatoms. The van der Waals surface area contributed by atoms with Gasteiger partial charge in [-0.3, -0.25) is 14.6 Å². The van der Waals surface area contributed by atoms with E-state index in [9.17, 15) is 4.79 Å². The fraction of sp³-hybridized carbons (Fsp3) is 0.778. The van der Waals surface area contributed by atoms with Gasteiger partial charge < -0.3 is 20.1 Å². The van der Waals surface area contributed by atoms with Crippen LogP contribution in [0, 0.1) is 0 Å². The van der Waals surface area contributed by atoms with Crippen LogP contribution in [0.15, 0.2) is 11.3 Å². The number of ether oxygens (including phenoxy) is 2. The van der Waals surface area contributed by atoms with Gasteiger partial charge in [-0.1, -0.05) is 0 Å². The van der Waals surface area contributed by atoms with Crippen molar-refractivity contribution in [3.63, 3.8) is 0 Å². The fourth-order valence-electron chi connectivity index (χ4n) is 3.19. The van der Waals surface area contributed by atoms with Crippen molar-refractivity contribution < 1.29 is 14.3 Å². The van der Waals surface area contributed by atoms with E-state index < -0.39 is 17.4 Å². The molecule has 1 aliphatic heterocycles. The van der Waals surface area contributed by atoms with Gasteiger partial charge in [-0.15, -0.1) is 24.0 Å². The highest BCUT2D eigenvalue weighted by Gasteiger charge is 2.49. The van der Waals surface area contributed by atoms with E-state index >= 15 is 0 Å². The van der Waals surface area contributed by atoms with Gasteiger partial charge in [0, 0.05) is 20.6 Å². The van der Waals surface area contributed by atoms with Crippen LogP contribution in [-0.4, -0.2) is 68.8 Å². The van der Waals surface area contributed by atoms with E-state index in [1.54, 1.807) is 16.6 Å². The molecule has 2 N–H and O–H groups in total. The number of nitrogens with zero attached hydrogens (tertiary/aromatic N) is 5. The summed E-state index contributed by atoms with van der Waals surface area (Å²) >= 11 is 0. The largest absolute Gasteiger partial charge is 0.444 e. The third-order valence-electron chi connectivity index (χ3n) is 4.44. The molecule has 0 radical (unpaired) electrons. The van der Waals surface area contributed by atoms with Crippen LogP contribution in [0.5, 0.6) is 0 Å². The van der Waals surface area contributed by atoms with Gasteiger partial charge in [-0.05, 0) is 41.5 Å². The number of hydrogen-bond acceptors (Lipinski definition) is 6. The summed E-state index contributed by atoms with van der Waals surface area (Å²) in [4.78, 5) is 22.9. The molecule has 29 heavy (non-hydrogen) atoms. The van der Waals surface area contributed by atoms with Gasteiger partial charge in [-0.25, -0.2) is 9.78 Å². The Morgan fingerprint density at radius 2 is 2.03 bits per heavy atom. The van der Waals surface area contributed by atoms with E-state index in [1.165, 1.54) is 6.33 Å². The average Bonchev–Trinajstić information content (AvgIpc) is 3.05. The Labute approximate surface area is 189 Å². The maximum absolute atomic E-state index is 12.8. The highest BCUT2D eigenvalue weighted by molar-refractivity contribution is 14.0. The number of nitrogens with one attached hydrogen (secondary N) is 2. The number of hydrogen-bond donors (Lipinski definition) is 2. The second-order valence-electron chi connectivity index (χ2n) is 8.29. The molecule has 1 saturated heterocycles. The standard InChI is InChI=1S/C18H33N7O3.HI/c1-12-13(25(18(5,6)27-12)16(26)28-17(2,3)4)9-20-15(19-7)21-10-14-22-11-23-24(14)8;/h11-13H,9-10H2,1-8H3,(H2,19,20,21);1H. The number of guanidine groups is 1. The first-order valence-electron chi connectivity index (χ1n) is 9.42. The number of aliphatic imine (C=N–C) groups is 1. The third-order valence-corrected chi connectivity index (χ3v) is 4.44. The van der Waals surface area contributed by atoms with Gasteiger partial charge in [-0.2, -0.15) is 5.10 Å². The number of aryl methyl sites for hydroxylation is 1. The lowest BCUT2D eigenvalue weighted by Gasteiger charge is -2.35. The number of amides is 1. The first-order chi connectivity index (χ1) is 12.9. The Morgan fingerprint density at radius 3 is 2.55 bits per heavy atom. The molecule has 10 nitrogen and oxygen atoms in total. The van der Waals surface area contributed by atoms with Crippen molar-refractivity contribution in [3.05, 3.63) is 12.2 Å². The monoisotopic (exact) mass is 523 g/mol. The highest BCUT2D eigenvalue weighted by atomic mass is 127. The topological polar surface area (TPSA) is 106 Å². The quantitative estimate of drug-likeness (QED) is 0.353. The van der Waals surface area contributed by atoms with E-state index in [0.717, 1.165) is 5.82 Å². The summed E-state index contributed by atoms with van der Waals surface area (Å²) in [5.41, 5.74) is -1.34. The van der Waals surface area contributed by atoms with Crippen molar-refractivity contribution in [2.75, 3.05) is 13.6 Å². The van der Waals surface area contributed by atoms with E-state index in [-0.39, 0.29) is 36.1 Å². The summed E-state index contributed by atoms with van der Waals surface area (Å²) < 4.78 is 13.3. The number of aromatic nitrogens is 3. The molecule has 0 saturated carbocycles. The Bertz CT molecular complexity index is 715. The minimum atomic E-state index is -0.760. The van der Waals surface area contributed by atoms with Crippen LogP contribution < -0.4 is 10.6 Å². The highest BCUT2D eigenvalue weighted by Crippen LogP contribution is 2.33. The molecule has 2 heterocycles. The van der Waals surface area contributed by atoms with E-state index in [4.69, 9.17) is 9.47 Å². The molecule has 1 amide bonds. The SMILES string of the molecule is CN=C(NCc1ncnn1C)NCC1C(C)OC(C)(C)N1C(=O)OC(C)(C)C.I. The zero-order chi connectivity index (χ0) is 21.1. The van der Waals surface area contributed by atoms with Crippen LogP contribution in [0.4, 0.5) is 4.79 Å². The summed E-state index contributed by atoms with van der Waals surface area (Å²) in [6, 6.07) is -0.210. The predicted octanol–water partition coefficient (Wildman–Crippen LogP) is 1.86. The Hall–Kier alpha value is -1.63. The molecule has 1 aromatic heterocycles. The summed E-state index contributed by atoms with van der Waals surface area (Å²) in [5.74, 6) is 1.39. The van der Waals surface area contributed by atoms with Gasteiger partial charge in [0.15, 0.2) is 5.96 Å². The summed E-state index contributed by atoms with van der Waals surface area (Å²) in [6.45, 7) is 12.2. The number of rotatable bonds is 4. The van der Waals surface area contributed by atoms with Crippen LogP contribution >= 0.6 is 24.0 Å². The van der Waals surface area contributed by atoms with Gasteiger partial charge in [0.05, 0.1) is 18.7 Å². The van der Waals surface area contributed by atoms with E-state index in [2.05, 4.69) is 25.7 Å². The van der Waals surface area contributed by atoms with Gasteiger partial charge in [0.25, 0.3) is 0 Å².